The van der Waals surface area contributed by atoms with Gasteiger partial charge in [0, 0.05) is 36.4 Å². The van der Waals surface area contributed by atoms with Crippen molar-refractivity contribution in [3.63, 3.8) is 0 Å². The number of hydrogen-bond acceptors (Lipinski definition) is 3. The zero-order chi connectivity index (χ0) is 19.3. The Kier molecular flexibility index (Phi) is 5.79. The van der Waals surface area contributed by atoms with Crippen LogP contribution in [-0.2, 0) is 6.54 Å². The Morgan fingerprint density at radius 2 is 1.71 bits per heavy atom. The van der Waals surface area contributed by atoms with Crippen LogP contribution in [0.1, 0.15) is 29.0 Å². The fourth-order valence-corrected chi connectivity index (χ4v) is 3.92. The van der Waals surface area contributed by atoms with E-state index in [0.29, 0.717) is 10.8 Å². The van der Waals surface area contributed by atoms with Crippen LogP contribution in [0.2, 0.25) is 5.02 Å². The van der Waals surface area contributed by atoms with Crippen molar-refractivity contribution in [1.82, 2.24) is 4.90 Å². The number of amides is 1. The summed E-state index contributed by atoms with van der Waals surface area (Å²) in [6, 6.07) is 21.6. The summed E-state index contributed by atoms with van der Waals surface area (Å²) in [5.41, 5.74) is 2.18. The van der Waals surface area contributed by atoms with Crippen molar-refractivity contribution in [3.05, 3.63) is 89.3 Å². The fourth-order valence-electron chi connectivity index (χ4n) is 3.79. The molecule has 1 aliphatic heterocycles. The average molecular weight is 395 g/mol. The van der Waals surface area contributed by atoms with Crippen molar-refractivity contribution < 1.29 is 9.21 Å². The number of hydrogen-bond donors (Lipinski definition) is 0. The molecule has 1 fully saturated rings. The van der Waals surface area contributed by atoms with E-state index in [1.165, 1.54) is 11.8 Å². The molecule has 0 radical (unpaired) electrons. The van der Waals surface area contributed by atoms with Crippen molar-refractivity contribution in [2.75, 3.05) is 18.0 Å². The minimum Gasteiger partial charge on any atom is -0.459 e. The van der Waals surface area contributed by atoms with Gasteiger partial charge < -0.3 is 9.32 Å². The first-order valence-electron chi connectivity index (χ1n) is 9.59. The fraction of sp³-hybridized carbons (Fsp3) is 0.261. The van der Waals surface area contributed by atoms with Crippen LogP contribution < -0.4 is 4.90 Å². The molecule has 28 heavy (non-hydrogen) atoms. The van der Waals surface area contributed by atoms with E-state index < -0.39 is 0 Å². The van der Waals surface area contributed by atoms with E-state index in [0.717, 1.165) is 38.2 Å². The van der Waals surface area contributed by atoms with Crippen LogP contribution in [0, 0.1) is 0 Å². The number of carbonyl (C=O) groups excluding carboxylic acids is 1. The van der Waals surface area contributed by atoms with Crippen LogP contribution in [-0.4, -0.2) is 29.9 Å². The Hall–Kier alpha value is -2.56. The molecule has 5 heteroatoms. The molecule has 4 nitrogen and oxygen atoms in total. The topological polar surface area (TPSA) is 36.7 Å². The van der Waals surface area contributed by atoms with Gasteiger partial charge in [-0.1, -0.05) is 41.9 Å². The van der Waals surface area contributed by atoms with Gasteiger partial charge in [-0.15, -0.1) is 0 Å². The third kappa shape index (κ3) is 4.29. The van der Waals surface area contributed by atoms with Gasteiger partial charge >= 0.3 is 0 Å². The van der Waals surface area contributed by atoms with Crippen LogP contribution in [0.15, 0.2) is 77.4 Å². The molecule has 0 N–H and O–H groups in total. The molecule has 0 atom stereocenters. The van der Waals surface area contributed by atoms with E-state index in [4.69, 9.17) is 16.0 Å². The smallest absolute Gasteiger partial charge is 0.294 e. The standard InChI is InChI=1S/C23H23ClN2O2/c24-19-8-10-20(11-9-19)26(23(27)22-7-4-16-28-22)21-12-14-25(15-13-21)17-18-5-2-1-3-6-18/h1-11,16,21H,12-15,17H2. The van der Waals surface area contributed by atoms with E-state index >= 15 is 0 Å². The predicted molar refractivity (Wildman–Crippen MR) is 112 cm³/mol. The molecular weight excluding hydrogens is 372 g/mol. The summed E-state index contributed by atoms with van der Waals surface area (Å²) in [7, 11) is 0. The molecule has 0 bridgehead atoms. The van der Waals surface area contributed by atoms with Gasteiger partial charge in [0.15, 0.2) is 5.76 Å². The van der Waals surface area contributed by atoms with Crippen molar-refractivity contribution >= 4 is 23.2 Å². The number of piperidine rings is 1. The lowest BCUT2D eigenvalue weighted by molar-refractivity contribution is 0.0932. The van der Waals surface area contributed by atoms with Crippen LogP contribution in [0.3, 0.4) is 0 Å². The van der Waals surface area contributed by atoms with E-state index in [1.807, 2.05) is 35.2 Å². The maximum absolute atomic E-state index is 13.1. The van der Waals surface area contributed by atoms with Gasteiger partial charge in [-0.3, -0.25) is 9.69 Å². The molecule has 2 heterocycles. The maximum Gasteiger partial charge on any atom is 0.294 e. The number of nitrogens with zero attached hydrogens (tertiary/aromatic N) is 2. The normalized spacial score (nSPS) is 15.5. The zero-order valence-corrected chi connectivity index (χ0v) is 16.4. The third-order valence-electron chi connectivity index (χ3n) is 5.23. The molecule has 0 spiro atoms. The van der Waals surface area contributed by atoms with Crippen LogP contribution >= 0.6 is 11.6 Å². The Balaban J connectivity index is 1.49. The lowest BCUT2D eigenvalue weighted by Gasteiger charge is -2.38. The predicted octanol–water partition coefficient (Wildman–Crippen LogP) is 5.24. The number of benzene rings is 2. The average Bonchev–Trinajstić information content (AvgIpc) is 3.27. The van der Waals surface area contributed by atoms with E-state index in [2.05, 4.69) is 29.2 Å². The van der Waals surface area contributed by atoms with Gasteiger partial charge in [-0.25, -0.2) is 0 Å². The van der Waals surface area contributed by atoms with Gasteiger partial charge in [-0.05, 0) is 54.8 Å². The highest BCUT2D eigenvalue weighted by Crippen LogP contribution is 2.28. The van der Waals surface area contributed by atoms with E-state index in [9.17, 15) is 4.79 Å². The highest BCUT2D eigenvalue weighted by molar-refractivity contribution is 6.30. The summed E-state index contributed by atoms with van der Waals surface area (Å²) < 4.78 is 5.38. The summed E-state index contributed by atoms with van der Waals surface area (Å²) in [5, 5.41) is 0.659. The van der Waals surface area contributed by atoms with Gasteiger partial charge in [0.1, 0.15) is 0 Å². The number of likely N-dealkylation sites (tertiary alicyclic amines) is 1. The lowest BCUT2D eigenvalue weighted by Crippen LogP contribution is -2.47. The molecule has 144 valence electrons. The first kappa shape index (κ1) is 18.8. The number of halogens is 1. The molecule has 0 unspecified atom stereocenters. The van der Waals surface area contributed by atoms with Gasteiger partial charge in [-0.2, -0.15) is 0 Å². The molecule has 3 aromatic rings. The molecule has 1 aromatic heterocycles. The molecule has 4 rings (SSSR count). The van der Waals surface area contributed by atoms with Gasteiger partial charge in [0.2, 0.25) is 0 Å². The second-order valence-electron chi connectivity index (χ2n) is 7.12. The molecule has 0 aliphatic carbocycles. The molecule has 2 aromatic carbocycles. The number of carbonyl (C=O) groups is 1. The molecular formula is C23H23ClN2O2. The first-order chi connectivity index (χ1) is 13.7. The first-order valence-corrected chi connectivity index (χ1v) is 9.97. The summed E-state index contributed by atoms with van der Waals surface area (Å²) in [6.45, 7) is 2.85. The van der Waals surface area contributed by atoms with Gasteiger partial charge in [0.25, 0.3) is 5.91 Å². The molecule has 1 saturated heterocycles. The zero-order valence-electron chi connectivity index (χ0n) is 15.6. The molecule has 0 saturated carbocycles. The Morgan fingerprint density at radius 1 is 1.00 bits per heavy atom. The highest BCUT2D eigenvalue weighted by atomic mass is 35.5. The summed E-state index contributed by atoms with van der Waals surface area (Å²) in [4.78, 5) is 17.5. The highest BCUT2D eigenvalue weighted by Gasteiger charge is 2.31. The number of anilines is 1. The SMILES string of the molecule is O=C(c1ccco1)N(c1ccc(Cl)cc1)C1CCN(Cc2ccccc2)CC1. The van der Waals surface area contributed by atoms with Crippen LogP contribution in [0.4, 0.5) is 5.69 Å². The second-order valence-corrected chi connectivity index (χ2v) is 7.56. The lowest BCUT2D eigenvalue weighted by atomic mass is 10.0. The molecule has 1 aliphatic rings. The maximum atomic E-state index is 13.1. The number of rotatable bonds is 5. The van der Waals surface area contributed by atoms with Crippen molar-refractivity contribution in [2.45, 2.75) is 25.4 Å². The van der Waals surface area contributed by atoms with Crippen molar-refractivity contribution in [3.8, 4) is 0 Å². The number of furan rings is 1. The van der Waals surface area contributed by atoms with Crippen LogP contribution in [0.5, 0.6) is 0 Å². The minimum absolute atomic E-state index is 0.103. The van der Waals surface area contributed by atoms with Crippen molar-refractivity contribution in [1.29, 1.82) is 0 Å². The largest absolute Gasteiger partial charge is 0.459 e. The van der Waals surface area contributed by atoms with E-state index in [1.54, 1.807) is 12.1 Å². The Bertz CT molecular complexity index is 886. The summed E-state index contributed by atoms with van der Waals surface area (Å²) >= 11 is 6.05. The third-order valence-corrected chi connectivity index (χ3v) is 5.48. The van der Waals surface area contributed by atoms with Gasteiger partial charge in [0.05, 0.1) is 6.26 Å². The summed E-state index contributed by atoms with van der Waals surface area (Å²) in [5.74, 6) is 0.260. The Labute approximate surface area is 170 Å². The second kappa shape index (κ2) is 8.63. The quantitative estimate of drug-likeness (QED) is 0.593. The minimum atomic E-state index is -0.103. The van der Waals surface area contributed by atoms with Crippen LogP contribution in [0.25, 0.3) is 0 Å². The Morgan fingerprint density at radius 3 is 2.36 bits per heavy atom. The monoisotopic (exact) mass is 394 g/mol. The van der Waals surface area contributed by atoms with E-state index in [-0.39, 0.29) is 11.9 Å². The van der Waals surface area contributed by atoms with Crippen molar-refractivity contribution in [2.24, 2.45) is 0 Å². The molecule has 1 amide bonds. The summed E-state index contributed by atoms with van der Waals surface area (Å²) in [6.07, 6.45) is 3.37.